The predicted molar refractivity (Wildman–Crippen MR) is 71.3 cm³/mol. The average Bonchev–Trinajstić information content (AvgIpc) is 2.29. The average molecular weight is 233 g/mol. The number of hydrogen-bond acceptors (Lipinski definition) is 2. The summed E-state index contributed by atoms with van der Waals surface area (Å²) in [5.41, 5.74) is 2.13. The standard InChI is InChI=1S/C15H23NO/c1-15(2,17)11-13-5-3-4-6-14(13)12-7-9-16-10-8-12/h3-6,12,16-17H,7-11H2,1-2H3. The molecule has 1 heterocycles. The van der Waals surface area contributed by atoms with Gasteiger partial charge >= 0.3 is 0 Å². The first kappa shape index (κ1) is 12.6. The van der Waals surface area contributed by atoms with Crippen molar-refractivity contribution >= 4 is 0 Å². The Morgan fingerprint density at radius 1 is 1.24 bits per heavy atom. The Morgan fingerprint density at radius 2 is 1.88 bits per heavy atom. The highest BCUT2D eigenvalue weighted by Gasteiger charge is 2.21. The van der Waals surface area contributed by atoms with Gasteiger partial charge in [0, 0.05) is 6.42 Å². The number of aliphatic hydroxyl groups is 1. The molecule has 94 valence electrons. The SMILES string of the molecule is CC(C)(O)Cc1ccccc1C1CCNCC1. The van der Waals surface area contributed by atoms with E-state index in [-0.39, 0.29) is 0 Å². The number of nitrogens with one attached hydrogen (secondary N) is 1. The minimum absolute atomic E-state index is 0.622. The van der Waals surface area contributed by atoms with Gasteiger partial charge in [-0.15, -0.1) is 0 Å². The van der Waals surface area contributed by atoms with E-state index < -0.39 is 5.60 Å². The molecule has 0 aromatic heterocycles. The van der Waals surface area contributed by atoms with E-state index in [2.05, 4.69) is 29.6 Å². The Balaban J connectivity index is 2.20. The summed E-state index contributed by atoms with van der Waals surface area (Å²) in [5, 5.41) is 13.4. The van der Waals surface area contributed by atoms with E-state index in [9.17, 15) is 5.11 Å². The molecule has 17 heavy (non-hydrogen) atoms. The van der Waals surface area contributed by atoms with Crippen molar-refractivity contribution in [1.29, 1.82) is 0 Å². The fraction of sp³-hybridized carbons (Fsp3) is 0.600. The lowest BCUT2D eigenvalue weighted by atomic mass is 9.84. The van der Waals surface area contributed by atoms with Crippen LogP contribution in [0.3, 0.4) is 0 Å². The molecular formula is C15H23NO. The van der Waals surface area contributed by atoms with Gasteiger partial charge in [-0.05, 0) is 56.8 Å². The van der Waals surface area contributed by atoms with E-state index >= 15 is 0 Å². The normalized spacial score (nSPS) is 18.3. The quantitative estimate of drug-likeness (QED) is 0.840. The van der Waals surface area contributed by atoms with Gasteiger partial charge < -0.3 is 10.4 Å². The van der Waals surface area contributed by atoms with Gasteiger partial charge in [0.2, 0.25) is 0 Å². The molecule has 2 rings (SSSR count). The highest BCUT2D eigenvalue weighted by atomic mass is 16.3. The molecule has 0 unspecified atom stereocenters. The second-order valence-corrected chi connectivity index (χ2v) is 5.71. The molecule has 0 saturated carbocycles. The Labute approximate surface area is 104 Å². The van der Waals surface area contributed by atoms with Crippen LogP contribution in [-0.2, 0) is 6.42 Å². The molecule has 2 heteroatoms. The first-order valence-electron chi connectivity index (χ1n) is 6.57. The zero-order valence-corrected chi connectivity index (χ0v) is 10.9. The minimum Gasteiger partial charge on any atom is -0.390 e. The highest BCUT2D eigenvalue weighted by Crippen LogP contribution is 2.29. The Hall–Kier alpha value is -0.860. The third-order valence-electron chi connectivity index (χ3n) is 3.46. The second kappa shape index (κ2) is 5.19. The Kier molecular flexibility index (Phi) is 3.85. The largest absolute Gasteiger partial charge is 0.390 e. The molecule has 1 aromatic carbocycles. The second-order valence-electron chi connectivity index (χ2n) is 5.71. The maximum atomic E-state index is 9.98. The van der Waals surface area contributed by atoms with Gasteiger partial charge in [-0.3, -0.25) is 0 Å². The molecule has 1 aromatic rings. The molecule has 0 radical (unpaired) electrons. The van der Waals surface area contributed by atoms with Crippen molar-refractivity contribution in [2.75, 3.05) is 13.1 Å². The maximum absolute atomic E-state index is 9.98. The van der Waals surface area contributed by atoms with Gasteiger partial charge in [-0.2, -0.15) is 0 Å². The van der Waals surface area contributed by atoms with Crippen LogP contribution in [0.1, 0.15) is 43.7 Å². The van der Waals surface area contributed by atoms with Crippen molar-refractivity contribution in [3.63, 3.8) is 0 Å². The lowest BCUT2D eigenvalue weighted by Crippen LogP contribution is -2.28. The van der Waals surface area contributed by atoms with E-state index in [1.807, 2.05) is 13.8 Å². The monoisotopic (exact) mass is 233 g/mol. The maximum Gasteiger partial charge on any atom is 0.0632 e. The zero-order chi connectivity index (χ0) is 12.3. The van der Waals surface area contributed by atoms with Gasteiger partial charge in [0.05, 0.1) is 5.60 Å². The molecule has 0 bridgehead atoms. The van der Waals surface area contributed by atoms with Crippen LogP contribution >= 0.6 is 0 Å². The van der Waals surface area contributed by atoms with Gasteiger partial charge in [0.25, 0.3) is 0 Å². The van der Waals surface area contributed by atoms with Crippen LogP contribution < -0.4 is 5.32 Å². The molecule has 0 aliphatic carbocycles. The molecule has 0 spiro atoms. The Morgan fingerprint density at radius 3 is 2.53 bits per heavy atom. The van der Waals surface area contributed by atoms with E-state index in [1.165, 1.54) is 24.0 Å². The van der Waals surface area contributed by atoms with Crippen LogP contribution in [0.15, 0.2) is 24.3 Å². The summed E-state index contributed by atoms with van der Waals surface area (Å²) in [4.78, 5) is 0. The van der Waals surface area contributed by atoms with Gasteiger partial charge in [-0.25, -0.2) is 0 Å². The van der Waals surface area contributed by atoms with E-state index in [4.69, 9.17) is 0 Å². The Bertz CT molecular complexity index is 361. The number of hydrogen-bond donors (Lipinski definition) is 2. The summed E-state index contributed by atoms with van der Waals surface area (Å²) in [5.74, 6) is 0.662. The highest BCUT2D eigenvalue weighted by molar-refractivity contribution is 5.32. The minimum atomic E-state index is -0.622. The molecule has 0 atom stereocenters. The van der Waals surface area contributed by atoms with Crippen LogP contribution in [0, 0.1) is 0 Å². The smallest absolute Gasteiger partial charge is 0.0632 e. The van der Waals surface area contributed by atoms with Crippen LogP contribution in [-0.4, -0.2) is 23.8 Å². The third-order valence-corrected chi connectivity index (χ3v) is 3.46. The molecule has 0 amide bonds. The molecule has 1 saturated heterocycles. The topological polar surface area (TPSA) is 32.3 Å². The molecule has 2 nitrogen and oxygen atoms in total. The van der Waals surface area contributed by atoms with Crippen LogP contribution in [0.2, 0.25) is 0 Å². The van der Waals surface area contributed by atoms with Gasteiger partial charge in [0.1, 0.15) is 0 Å². The lowest BCUT2D eigenvalue weighted by Gasteiger charge is -2.27. The van der Waals surface area contributed by atoms with Crippen molar-refractivity contribution in [1.82, 2.24) is 5.32 Å². The van der Waals surface area contributed by atoms with E-state index in [1.54, 1.807) is 0 Å². The fourth-order valence-corrected chi connectivity index (χ4v) is 2.69. The van der Waals surface area contributed by atoms with Crippen LogP contribution in [0.5, 0.6) is 0 Å². The molecule has 1 aliphatic heterocycles. The van der Waals surface area contributed by atoms with E-state index in [0.29, 0.717) is 5.92 Å². The van der Waals surface area contributed by atoms with Gasteiger partial charge in [0.15, 0.2) is 0 Å². The summed E-state index contributed by atoms with van der Waals surface area (Å²) in [6, 6.07) is 8.59. The number of benzene rings is 1. The van der Waals surface area contributed by atoms with E-state index in [0.717, 1.165) is 19.5 Å². The molecule has 2 N–H and O–H groups in total. The van der Waals surface area contributed by atoms with Crippen LogP contribution in [0.25, 0.3) is 0 Å². The summed E-state index contributed by atoms with van der Waals surface area (Å²) in [6.45, 7) is 5.99. The molecular weight excluding hydrogens is 210 g/mol. The van der Waals surface area contributed by atoms with Crippen molar-refractivity contribution in [3.8, 4) is 0 Å². The first-order valence-corrected chi connectivity index (χ1v) is 6.57. The zero-order valence-electron chi connectivity index (χ0n) is 10.9. The summed E-state index contributed by atoms with van der Waals surface area (Å²) in [7, 11) is 0. The van der Waals surface area contributed by atoms with Crippen molar-refractivity contribution < 1.29 is 5.11 Å². The van der Waals surface area contributed by atoms with Crippen molar-refractivity contribution in [2.45, 2.75) is 44.6 Å². The molecule has 1 fully saturated rings. The van der Waals surface area contributed by atoms with Crippen LogP contribution in [0.4, 0.5) is 0 Å². The predicted octanol–water partition coefficient (Wildman–Crippen LogP) is 2.47. The fourth-order valence-electron chi connectivity index (χ4n) is 2.69. The summed E-state index contributed by atoms with van der Waals surface area (Å²) >= 11 is 0. The van der Waals surface area contributed by atoms with Crippen molar-refractivity contribution in [3.05, 3.63) is 35.4 Å². The third kappa shape index (κ3) is 3.55. The molecule has 1 aliphatic rings. The van der Waals surface area contributed by atoms with Gasteiger partial charge in [-0.1, -0.05) is 24.3 Å². The number of piperidine rings is 1. The number of rotatable bonds is 3. The van der Waals surface area contributed by atoms with Crippen molar-refractivity contribution in [2.24, 2.45) is 0 Å². The first-order chi connectivity index (χ1) is 8.06. The summed E-state index contributed by atoms with van der Waals surface area (Å²) in [6.07, 6.45) is 3.17. The summed E-state index contributed by atoms with van der Waals surface area (Å²) < 4.78 is 0. The lowest BCUT2D eigenvalue weighted by molar-refractivity contribution is 0.0806.